The second-order valence-corrected chi connectivity index (χ2v) is 6.46. The molecule has 1 aliphatic rings. The van der Waals surface area contributed by atoms with E-state index in [4.69, 9.17) is 0 Å². The van der Waals surface area contributed by atoms with E-state index in [1.807, 2.05) is 0 Å². The third-order valence-corrected chi connectivity index (χ3v) is 6.26. The van der Waals surface area contributed by atoms with Crippen molar-refractivity contribution in [1.82, 2.24) is 0 Å². The lowest BCUT2D eigenvalue weighted by Crippen LogP contribution is -2.32. The van der Waals surface area contributed by atoms with E-state index in [1.165, 1.54) is 31.2 Å². The molecule has 1 aliphatic carbocycles. The minimum atomic E-state index is 0.159. The predicted octanol–water partition coefficient (Wildman–Crippen LogP) is 4.61. The molecule has 14 heavy (non-hydrogen) atoms. The third kappa shape index (κ3) is 1.92. The monoisotopic (exact) mass is 316 g/mol. The molecule has 1 fully saturated rings. The molecule has 0 spiro atoms. The quantitative estimate of drug-likeness (QED) is 0.663. The first-order valence-corrected chi connectivity index (χ1v) is 6.83. The summed E-state index contributed by atoms with van der Waals surface area (Å²) in [7, 11) is 0. The molecule has 0 aliphatic heterocycles. The molecule has 2 rings (SSSR count). The van der Waals surface area contributed by atoms with Crippen LogP contribution in [0.3, 0.4) is 0 Å². The maximum Gasteiger partial charge on any atom is 0.0630 e. The Morgan fingerprint density at radius 3 is 2.50 bits per heavy atom. The van der Waals surface area contributed by atoms with Crippen LogP contribution in [0.15, 0.2) is 30.3 Å². The van der Waals surface area contributed by atoms with Crippen molar-refractivity contribution >= 4 is 31.9 Å². The summed E-state index contributed by atoms with van der Waals surface area (Å²) < 4.78 is 0.159. The highest BCUT2D eigenvalue weighted by Gasteiger charge is 2.38. The van der Waals surface area contributed by atoms with Gasteiger partial charge in [-0.2, -0.15) is 0 Å². The van der Waals surface area contributed by atoms with Crippen LogP contribution < -0.4 is 0 Å². The van der Waals surface area contributed by atoms with Gasteiger partial charge in [-0.25, -0.2) is 0 Å². The van der Waals surface area contributed by atoms with Crippen LogP contribution in [-0.4, -0.2) is 4.83 Å². The summed E-state index contributed by atoms with van der Waals surface area (Å²) in [6.45, 7) is 0. The smallest absolute Gasteiger partial charge is 0.0630 e. The van der Waals surface area contributed by atoms with Crippen LogP contribution in [0.5, 0.6) is 0 Å². The molecule has 0 heterocycles. The van der Waals surface area contributed by atoms with E-state index in [9.17, 15) is 0 Å². The van der Waals surface area contributed by atoms with Gasteiger partial charge >= 0.3 is 0 Å². The molecule has 0 unspecified atom stereocenters. The average molecular weight is 318 g/mol. The normalized spacial score (nSPS) is 32.9. The number of benzene rings is 1. The summed E-state index contributed by atoms with van der Waals surface area (Å²) in [6, 6.07) is 10.7. The van der Waals surface area contributed by atoms with Gasteiger partial charge in [-0.1, -0.05) is 75.0 Å². The van der Waals surface area contributed by atoms with E-state index in [2.05, 4.69) is 62.2 Å². The molecule has 1 aromatic rings. The maximum absolute atomic E-state index is 3.92. The zero-order valence-electron chi connectivity index (χ0n) is 8.05. The van der Waals surface area contributed by atoms with Crippen LogP contribution in [0.25, 0.3) is 0 Å². The fourth-order valence-electron chi connectivity index (χ4n) is 2.13. The van der Waals surface area contributed by atoms with Crippen molar-refractivity contribution in [1.29, 1.82) is 0 Å². The Kier molecular flexibility index (Phi) is 3.33. The SMILES string of the molecule is Br[C@@H]1CCCC[C@]1(Br)c1ccccc1. The Morgan fingerprint density at radius 2 is 1.86 bits per heavy atom. The fraction of sp³-hybridized carbons (Fsp3) is 0.500. The van der Waals surface area contributed by atoms with Crippen molar-refractivity contribution in [3.63, 3.8) is 0 Å². The van der Waals surface area contributed by atoms with Gasteiger partial charge in [-0.05, 0) is 18.4 Å². The van der Waals surface area contributed by atoms with Gasteiger partial charge < -0.3 is 0 Å². The largest absolute Gasteiger partial charge is 0.0872 e. The summed E-state index contributed by atoms with van der Waals surface area (Å²) >= 11 is 7.72. The summed E-state index contributed by atoms with van der Waals surface area (Å²) in [5, 5.41) is 0. The highest BCUT2D eigenvalue weighted by atomic mass is 79.9. The van der Waals surface area contributed by atoms with Crippen molar-refractivity contribution in [2.45, 2.75) is 34.8 Å². The van der Waals surface area contributed by atoms with Gasteiger partial charge in [0.1, 0.15) is 0 Å². The van der Waals surface area contributed by atoms with E-state index in [-0.39, 0.29) is 4.32 Å². The van der Waals surface area contributed by atoms with E-state index in [1.54, 1.807) is 0 Å². The van der Waals surface area contributed by atoms with Crippen molar-refractivity contribution in [3.8, 4) is 0 Å². The first-order chi connectivity index (χ1) is 6.73. The predicted molar refractivity (Wildman–Crippen MR) is 68.2 cm³/mol. The summed E-state index contributed by atoms with van der Waals surface area (Å²) in [5.41, 5.74) is 1.40. The average Bonchev–Trinajstić information content (AvgIpc) is 2.24. The zero-order valence-corrected chi connectivity index (χ0v) is 11.2. The highest BCUT2D eigenvalue weighted by Crippen LogP contribution is 2.47. The van der Waals surface area contributed by atoms with E-state index in [0.29, 0.717) is 4.83 Å². The lowest BCUT2D eigenvalue weighted by molar-refractivity contribution is 0.433. The van der Waals surface area contributed by atoms with Crippen molar-refractivity contribution in [2.24, 2.45) is 0 Å². The molecular formula is C12H14Br2. The molecule has 1 aromatic carbocycles. The Hall–Kier alpha value is 0.180. The zero-order chi connectivity index (χ0) is 10.0. The van der Waals surface area contributed by atoms with Crippen molar-refractivity contribution < 1.29 is 0 Å². The molecule has 2 atom stereocenters. The Morgan fingerprint density at radius 1 is 1.14 bits per heavy atom. The van der Waals surface area contributed by atoms with Crippen LogP contribution in [0.4, 0.5) is 0 Å². The molecule has 0 nitrogen and oxygen atoms in total. The second kappa shape index (κ2) is 4.36. The summed E-state index contributed by atoms with van der Waals surface area (Å²) in [4.78, 5) is 0.561. The van der Waals surface area contributed by atoms with Crippen LogP contribution in [0.1, 0.15) is 31.2 Å². The van der Waals surface area contributed by atoms with Crippen LogP contribution in [-0.2, 0) is 4.32 Å². The van der Waals surface area contributed by atoms with Gasteiger partial charge in [-0.15, -0.1) is 0 Å². The minimum Gasteiger partial charge on any atom is -0.0872 e. The molecule has 0 saturated heterocycles. The second-order valence-electron chi connectivity index (χ2n) is 3.94. The maximum atomic E-state index is 3.92. The van der Waals surface area contributed by atoms with Gasteiger partial charge in [0.2, 0.25) is 0 Å². The van der Waals surface area contributed by atoms with Crippen molar-refractivity contribution in [3.05, 3.63) is 35.9 Å². The van der Waals surface area contributed by atoms with Crippen LogP contribution in [0.2, 0.25) is 0 Å². The third-order valence-electron chi connectivity index (χ3n) is 3.00. The number of halogens is 2. The molecule has 0 bridgehead atoms. The van der Waals surface area contributed by atoms with Gasteiger partial charge in [0.25, 0.3) is 0 Å². The van der Waals surface area contributed by atoms with Crippen molar-refractivity contribution in [2.75, 3.05) is 0 Å². The fourth-order valence-corrected chi connectivity index (χ4v) is 3.72. The molecule has 0 amide bonds. The molecule has 1 saturated carbocycles. The standard InChI is InChI=1S/C12H14Br2/c13-11-8-4-5-9-12(11,14)10-6-2-1-3-7-10/h1-3,6-7,11H,4-5,8-9H2/t11-,12+/m1/s1. The van der Waals surface area contributed by atoms with E-state index in [0.717, 1.165) is 0 Å². The molecule has 76 valence electrons. The molecule has 2 heteroatoms. The molecular weight excluding hydrogens is 304 g/mol. The molecule has 0 radical (unpaired) electrons. The first-order valence-electron chi connectivity index (χ1n) is 5.12. The first kappa shape index (κ1) is 10.7. The van der Waals surface area contributed by atoms with E-state index < -0.39 is 0 Å². The lowest BCUT2D eigenvalue weighted by Gasteiger charge is -2.37. The van der Waals surface area contributed by atoms with Gasteiger partial charge in [0.15, 0.2) is 0 Å². The summed E-state index contributed by atoms with van der Waals surface area (Å²) in [6.07, 6.45) is 5.16. The van der Waals surface area contributed by atoms with E-state index >= 15 is 0 Å². The van der Waals surface area contributed by atoms with Gasteiger partial charge in [0, 0.05) is 4.83 Å². The topological polar surface area (TPSA) is 0 Å². The summed E-state index contributed by atoms with van der Waals surface area (Å²) in [5.74, 6) is 0. The number of alkyl halides is 2. The Bertz CT molecular complexity index is 296. The highest BCUT2D eigenvalue weighted by molar-refractivity contribution is 9.12. The van der Waals surface area contributed by atoms with Gasteiger partial charge in [0.05, 0.1) is 4.32 Å². The minimum absolute atomic E-state index is 0.159. The van der Waals surface area contributed by atoms with Crippen LogP contribution in [0, 0.1) is 0 Å². The number of rotatable bonds is 1. The number of hydrogen-bond acceptors (Lipinski definition) is 0. The van der Waals surface area contributed by atoms with Crippen LogP contribution >= 0.6 is 31.9 Å². The molecule has 0 N–H and O–H groups in total. The molecule has 0 aromatic heterocycles. The Labute approximate surface area is 102 Å². The number of hydrogen-bond donors (Lipinski definition) is 0. The van der Waals surface area contributed by atoms with Gasteiger partial charge in [-0.3, -0.25) is 0 Å². The Balaban J connectivity index is 2.30. The lowest BCUT2D eigenvalue weighted by atomic mass is 9.84.